The topological polar surface area (TPSA) is 60.5 Å². The molecule has 3 rings (SSSR count). The van der Waals surface area contributed by atoms with Crippen LogP contribution in [-0.4, -0.2) is 17.9 Å². The highest BCUT2D eigenvalue weighted by Gasteiger charge is 2.17. The number of methoxy groups -OCH3 is 1. The van der Waals surface area contributed by atoms with Crippen molar-refractivity contribution in [3.63, 3.8) is 0 Å². The van der Waals surface area contributed by atoms with Crippen molar-refractivity contribution in [2.75, 3.05) is 7.11 Å². The first kappa shape index (κ1) is 14.6. The number of hydrogen-bond acceptors (Lipinski definition) is 3. The molecule has 0 aliphatic heterocycles. The highest BCUT2D eigenvalue weighted by molar-refractivity contribution is 6.01. The quantitative estimate of drug-likeness (QED) is 0.698. The fraction of sp³-hybridized carbons (Fsp3) is 0.333. The number of nitrogens with two attached hydrogens (primary N) is 1. The summed E-state index contributed by atoms with van der Waals surface area (Å²) in [7, 11) is 1.63. The average Bonchev–Trinajstić information content (AvgIpc) is 2.55. The molecule has 1 aromatic carbocycles. The van der Waals surface area contributed by atoms with E-state index in [2.05, 4.69) is 16.0 Å². The summed E-state index contributed by atoms with van der Waals surface area (Å²) >= 11 is 0. The molecule has 2 N–H and O–H groups in total. The van der Waals surface area contributed by atoms with Gasteiger partial charge in [-0.1, -0.05) is 17.7 Å². The average molecular weight is 295 g/mol. The van der Waals surface area contributed by atoms with E-state index >= 15 is 0 Å². The Labute approximate surface area is 131 Å². The lowest BCUT2D eigenvalue weighted by Gasteiger charge is -2.17. The molecule has 0 spiro atoms. The third-order valence-electron chi connectivity index (χ3n) is 4.02. The summed E-state index contributed by atoms with van der Waals surface area (Å²) in [6.07, 6.45) is 4.46. The Bertz CT molecular complexity index is 705. The summed E-state index contributed by atoms with van der Waals surface area (Å²) in [5.41, 5.74) is 11.4. The van der Waals surface area contributed by atoms with Gasteiger partial charge in [-0.25, -0.2) is 9.98 Å². The Morgan fingerprint density at radius 1 is 1.18 bits per heavy atom. The van der Waals surface area contributed by atoms with Gasteiger partial charge < -0.3 is 10.5 Å². The molecular weight excluding hydrogens is 274 g/mol. The second kappa shape index (κ2) is 6.18. The zero-order valence-corrected chi connectivity index (χ0v) is 13.1. The number of aromatic nitrogens is 1. The Hall–Kier alpha value is -2.36. The van der Waals surface area contributed by atoms with Crippen LogP contribution >= 0.6 is 0 Å². The van der Waals surface area contributed by atoms with Gasteiger partial charge in [-0.2, -0.15) is 0 Å². The first-order valence-electron chi connectivity index (χ1n) is 7.65. The van der Waals surface area contributed by atoms with Crippen LogP contribution in [0.5, 0.6) is 5.88 Å². The normalized spacial score (nSPS) is 14.5. The van der Waals surface area contributed by atoms with Crippen LogP contribution in [0.1, 0.15) is 35.2 Å². The van der Waals surface area contributed by atoms with E-state index in [0.717, 1.165) is 29.8 Å². The molecule has 0 bridgehead atoms. The number of amidine groups is 1. The monoisotopic (exact) mass is 295 g/mol. The minimum absolute atomic E-state index is 0.446. The third-order valence-corrected chi connectivity index (χ3v) is 4.02. The zero-order chi connectivity index (χ0) is 15.5. The molecule has 1 aliphatic carbocycles. The van der Waals surface area contributed by atoms with Gasteiger partial charge in [0.1, 0.15) is 5.84 Å². The summed E-state index contributed by atoms with van der Waals surface area (Å²) in [6.45, 7) is 2.05. The minimum Gasteiger partial charge on any atom is -0.480 e. The van der Waals surface area contributed by atoms with E-state index in [9.17, 15) is 0 Å². The first-order valence-corrected chi connectivity index (χ1v) is 7.65. The van der Waals surface area contributed by atoms with Gasteiger partial charge in [0.2, 0.25) is 5.88 Å². The van der Waals surface area contributed by atoms with Gasteiger partial charge in [0, 0.05) is 5.69 Å². The predicted molar refractivity (Wildman–Crippen MR) is 89.0 cm³/mol. The van der Waals surface area contributed by atoms with Crippen molar-refractivity contribution < 1.29 is 4.74 Å². The SMILES string of the molecule is COc1nc2c(cc1C(N)=Nc1ccc(C)cc1)CCCC2. The van der Waals surface area contributed by atoms with Crippen molar-refractivity contribution in [3.8, 4) is 5.88 Å². The van der Waals surface area contributed by atoms with Crippen LogP contribution in [0.4, 0.5) is 5.69 Å². The molecule has 0 fully saturated rings. The van der Waals surface area contributed by atoms with Crippen LogP contribution in [0, 0.1) is 6.92 Å². The van der Waals surface area contributed by atoms with Crippen molar-refractivity contribution in [2.24, 2.45) is 10.7 Å². The zero-order valence-electron chi connectivity index (χ0n) is 13.1. The molecule has 22 heavy (non-hydrogen) atoms. The minimum atomic E-state index is 0.446. The maximum absolute atomic E-state index is 6.20. The molecule has 1 heterocycles. The lowest BCUT2D eigenvalue weighted by molar-refractivity contribution is 0.394. The van der Waals surface area contributed by atoms with Crippen molar-refractivity contribution in [1.82, 2.24) is 4.98 Å². The number of hydrogen-bond donors (Lipinski definition) is 1. The molecule has 114 valence electrons. The Morgan fingerprint density at radius 2 is 1.91 bits per heavy atom. The molecule has 0 saturated heterocycles. The second-order valence-electron chi connectivity index (χ2n) is 5.69. The number of nitrogens with zero attached hydrogens (tertiary/aromatic N) is 2. The number of pyridine rings is 1. The van der Waals surface area contributed by atoms with Crippen LogP contribution in [-0.2, 0) is 12.8 Å². The van der Waals surface area contributed by atoms with E-state index in [1.807, 2.05) is 31.2 Å². The van der Waals surface area contributed by atoms with E-state index in [0.29, 0.717) is 11.7 Å². The number of aliphatic imine (C=N–C) groups is 1. The Balaban J connectivity index is 2.00. The number of aryl methyl sites for hydroxylation is 3. The Morgan fingerprint density at radius 3 is 2.64 bits per heavy atom. The van der Waals surface area contributed by atoms with E-state index in [1.54, 1.807) is 7.11 Å². The van der Waals surface area contributed by atoms with Crippen molar-refractivity contribution in [2.45, 2.75) is 32.6 Å². The molecular formula is C18H21N3O. The summed E-state index contributed by atoms with van der Waals surface area (Å²) in [4.78, 5) is 9.13. The molecule has 1 aliphatic rings. The van der Waals surface area contributed by atoms with Crippen LogP contribution in [0.25, 0.3) is 0 Å². The molecule has 0 radical (unpaired) electrons. The molecule has 0 atom stereocenters. The summed E-state index contributed by atoms with van der Waals surface area (Å²) in [5, 5.41) is 0. The summed E-state index contributed by atoms with van der Waals surface area (Å²) in [6, 6.07) is 10.1. The van der Waals surface area contributed by atoms with E-state index in [4.69, 9.17) is 10.5 Å². The predicted octanol–water partition coefficient (Wildman–Crippen LogP) is 3.31. The van der Waals surface area contributed by atoms with Crippen LogP contribution in [0.15, 0.2) is 35.3 Å². The lowest BCUT2D eigenvalue weighted by Crippen LogP contribution is -2.17. The fourth-order valence-corrected chi connectivity index (χ4v) is 2.77. The number of ether oxygens (including phenoxy) is 1. The van der Waals surface area contributed by atoms with Crippen LogP contribution in [0.3, 0.4) is 0 Å². The maximum atomic E-state index is 6.20. The van der Waals surface area contributed by atoms with Gasteiger partial charge in [-0.15, -0.1) is 0 Å². The van der Waals surface area contributed by atoms with Crippen molar-refractivity contribution in [1.29, 1.82) is 0 Å². The van der Waals surface area contributed by atoms with Gasteiger partial charge >= 0.3 is 0 Å². The largest absolute Gasteiger partial charge is 0.480 e. The molecule has 2 aromatic rings. The van der Waals surface area contributed by atoms with E-state index in [-0.39, 0.29) is 0 Å². The summed E-state index contributed by atoms with van der Waals surface area (Å²) < 4.78 is 5.42. The lowest BCUT2D eigenvalue weighted by atomic mass is 9.95. The number of fused-ring (bicyclic) bond motifs is 1. The molecule has 4 heteroatoms. The standard InChI is InChI=1S/C18H21N3O/c1-12-7-9-14(10-8-12)20-17(19)15-11-13-5-3-4-6-16(13)21-18(15)22-2/h7-11H,3-6H2,1-2H3,(H2,19,20). The maximum Gasteiger partial charge on any atom is 0.224 e. The third kappa shape index (κ3) is 2.96. The van der Waals surface area contributed by atoms with Gasteiger partial charge in [0.25, 0.3) is 0 Å². The van der Waals surface area contributed by atoms with Gasteiger partial charge in [-0.05, 0) is 56.4 Å². The van der Waals surface area contributed by atoms with E-state index < -0.39 is 0 Å². The highest BCUT2D eigenvalue weighted by Crippen LogP contribution is 2.26. The second-order valence-corrected chi connectivity index (χ2v) is 5.69. The van der Waals surface area contributed by atoms with Gasteiger partial charge in [0.15, 0.2) is 0 Å². The molecule has 4 nitrogen and oxygen atoms in total. The molecule has 0 amide bonds. The van der Waals surface area contributed by atoms with Gasteiger partial charge in [-0.3, -0.25) is 0 Å². The molecule has 0 unspecified atom stereocenters. The molecule has 0 saturated carbocycles. The fourth-order valence-electron chi connectivity index (χ4n) is 2.77. The van der Waals surface area contributed by atoms with Crippen LogP contribution in [0.2, 0.25) is 0 Å². The van der Waals surface area contributed by atoms with E-state index in [1.165, 1.54) is 24.0 Å². The Kier molecular flexibility index (Phi) is 4.09. The van der Waals surface area contributed by atoms with Crippen molar-refractivity contribution >= 4 is 11.5 Å². The number of benzene rings is 1. The highest BCUT2D eigenvalue weighted by atomic mass is 16.5. The smallest absolute Gasteiger partial charge is 0.224 e. The van der Waals surface area contributed by atoms with Crippen LogP contribution < -0.4 is 10.5 Å². The summed E-state index contributed by atoms with van der Waals surface area (Å²) in [5.74, 6) is 1.01. The van der Waals surface area contributed by atoms with Gasteiger partial charge in [0.05, 0.1) is 18.4 Å². The number of rotatable bonds is 3. The van der Waals surface area contributed by atoms with Crippen molar-refractivity contribution in [3.05, 3.63) is 52.7 Å². The first-order chi connectivity index (χ1) is 10.7. The molecule has 1 aromatic heterocycles.